The number of methoxy groups -OCH3 is 1. The number of carbonyl (C=O) groups is 1. The highest BCUT2D eigenvalue weighted by molar-refractivity contribution is 5.93. The van der Waals surface area contributed by atoms with Crippen molar-refractivity contribution in [1.29, 1.82) is 0 Å². The molecule has 39 heavy (non-hydrogen) atoms. The lowest BCUT2D eigenvalue weighted by Gasteiger charge is -2.41. The third-order valence-electron chi connectivity index (χ3n) is 8.63. The number of aromatic nitrogens is 5. The maximum atomic E-state index is 13.0. The van der Waals surface area contributed by atoms with Gasteiger partial charge in [0.05, 0.1) is 30.9 Å². The Labute approximate surface area is 226 Å². The van der Waals surface area contributed by atoms with Crippen LogP contribution in [0.4, 0.5) is 4.39 Å². The van der Waals surface area contributed by atoms with Crippen molar-refractivity contribution in [2.24, 2.45) is 0 Å². The summed E-state index contributed by atoms with van der Waals surface area (Å²) in [6, 6.07) is 8.33. The van der Waals surface area contributed by atoms with E-state index in [9.17, 15) is 9.18 Å². The van der Waals surface area contributed by atoms with Gasteiger partial charge in [0, 0.05) is 49.6 Å². The van der Waals surface area contributed by atoms with E-state index in [0.717, 1.165) is 77.9 Å². The fraction of sp³-hybridized carbons (Fsp3) is 0.448. The Balaban J connectivity index is 1.15. The summed E-state index contributed by atoms with van der Waals surface area (Å²) in [6.07, 6.45) is 8.78. The quantitative estimate of drug-likeness (QED) is 0.392. The van der Waals surface area contributed by atoms with Crippen LogP contribution in [0.5, 0.6) is 5.75 Å². The smallest absolute Gasteiger partial charge is 0.240 e. The van der Waals surface area contributed by atoms with E-state index in [4.69, 9.17) is 9.72 Å². The average molecular weight is 530 g/mol. The lowest BCUT2D eigenvalue weighted by atomic mass is 9.99. The van der Waals surface area contributed by atoms with Crippen LogP contribution < -0.4 is 4.74 Å². The summed E-state index contributed by atoms with van der Waals surface area (Å²) in [7, 11) is 1.68. The molecule has 2 aliphatic heterocycles. The number of hydrogen-bond donors (Lipinski definition) is 1. The van der Waals surface area contributed by atoms with Crippen molar-refractivity contribution in [1.82, 2.24) is 34.8 Å². The number of ether oxygens (including phenoxy) is 1. The summed E-state index contributed by atoms with van der Waals surface area (Å²) in [5.41, 5.74) is 7.91. The number of H-pyrrole nitrogens is 1. The predicted octanol–water partition coefficient (Wildman–Crippen LogP) is 3.80. The first-order valence-electron chi connectivity index (χ1n) is 13.8. The van der Waals surface area contributed by atoms with Crippen LogP contribution in [0, 0.1) is 0 Å². The van der Waals surface area contributed by atoms with Crippen molar-refractivity contribution in [2.75, 3.05) is 40.0 Å². The summed E-state index contributed by atoms with van der Waals surface area (Å²) in [5, 5.41) is 12.4. The number of pyridine rings is 1. The van der Waals surface area contributed by atoms with Crippen LogP contribution in [0.1, 0.15) is 36.4 Å². The maximum Gasteiger partial charge on any atom is 0.240 e. The summed E-state index contributed by atoms with van der Waals surface area (Å²) >= 11 is 0. The number of rotatable bonds is 7. The lowest BCUT2D eigenvalue weighted by Crippen LogP contribution is -2.57. The number of aromatic amines is 1. The van der Waals surface area contributed by atoms with E-state index < -0.39 is 6.67 Å². The third-order valence-corrected chi connectivity index (χ3v) is 8.63. The first kappa shape index (κ1) is 24.3. The standard InChI is InChI=1S/C29H32FN7O2/c1-39-25-14-23-28(32-27(25)22-7-3-5-18-4-2-6-21(18)22)26(34-33-23)19-15-31-37(16-19)20-8-11-36(17-20)29(38)24-9-12-35(24)13-10-30/h3,5,7,14-16,20,24H,2,4,6,8-13,17H2,1H3,(H,33,34)/t20-,24-/m0/s1. The van der Waals surface area contributed by atoms with E-state index in [1.165, 1.54) is 11.1 Å². The normalized spacial score (nSPS) is 20.9. The molecule has 1 aliphatic carbocycles. The highest BCUT2D eigenvalue weighted by atomic mass is 19.1. The number of likely N-dealkylation sites (tertiary alicyclic amines) is 2. The van der Waals surface area contributed by atoms with Gasteiger partial charge in [0.25, 0.3) is 0 Å². The van der Waals surface area contributed by atoms with Crippen molar-refractivity contribution in [3.05, 3.63) is 47.8 Å². The van der Waals surface area contributed by atoms with Crippen LogP contribution in [0.15, 0.2) is 36.7 Å². The molecule has 4 aromatic rings. The van der Waals surface area contributed by atoms with Crippen molar-refractivity contribution in [2.45, 2.75) is 44.2 Å². The highest BCUT2D eigenvalue weighted by Gasteiger charge is 2.39. The molecule has 2 fully saturated rings. The fourth-order valence-corrected chi connectivity index (χ4v) is 6.45. The number of fused-ring (bicyclic) bond motifs is 2. The fourth-order valence-electron chi connectivity index (χ4n) is 6.45. The zero-order valence-electron chi connectivity index (χ0n) is 22.1. The van der Waals surface area contributed by atoms with Gasteiger partial charge in [0.15, 0.2) is 0 Å². The molecule has 0 unspecified atom stereocenters. The third kappa shape index (κ3) is 4.09. The number of halogens is 1. The van der Waals surface area contributed by atoms with Gasteiger partial charge in [-0.05, 0) is 43.2 Å². The second kappa shape index (κ2) is 9.75. The minimum absolute atomic E-state index is 0.0955. The van der Waals surface area contributed by atoms with Crippen molar-refractivity contribution in [3.63, 3.8) is 0 Å². The molecular formula is C29H32FN7O2. The van der Waals surface area contributed by atoms with Gasteiger partial charge in [-0.25, -0.2) is 9.37 Å². The Kier molecular flexibility index (Phi) is 6.07. The average Bonchev–Trinajstić information content (AvgIpc) is 3.75. The van der Waals surface area contributed by atoms with E-state index in [0.29, 0.717) is 19.6 Å². The topological polar surface area (TPSA) is 92.2 Å². The molecule has 9 nitrogen and oxygen atoms in total. The van der Waals surface area contributed by atoms with Crippen molar-refractivity contribution >= 4 is 16.9 Å². The first-order chi connectivity index (χ1) is 19.1. The zero-order valence-corrected chi connectivity index (χ0v) is 22.1. The van der Waals surface area contributed by atoms with Crippen LogP contribution in [-0.4, -0.2) is 86.7 Å². The zero-order chi connectivity index (χ0) is 26.5. The number of nitrogens with zero attached hydrogens (tertiary/aromatic N) is 6. The van der Waals surface area contributed by atoms with E-state index in [-0.39, 0.29) is 18.0 Å². The number of benzene rings is 1. The summed E-state index contributed by atoms with van der Waals surface area (Å²) in [6.45, 7) is 2.02. The molecule has 1 aromatic carbocycles. The number of amides is 1. The van der Waals surface area contributed by atoms with Gasteiger partial charge in [-0.1, -0.05) is 18.2 Å². The van der Waals surface area contributed by atoms with Crippen LogP contribution in [0.2, 0.25) is 0 Å². The van der Waals surface area contributed by atoms with Crippen molar-refractivity contribution in [3.8, 4) is 28.3 Å². The molecule has 3 aromatic heterocycles. The van der Waals surface area contributed by atoms with Crippen LogP contribution in [0.3, 0.4) is 0 Å². The molecule has 1 amide bonds. The Morgan fingerprint density at radius 1 is 1.21 bits per heavy atom. The number of nitrogens with one attached hydrogen (secondary N) is 1. The van der Waals surface area contributed by atoms with Gasteiger partial charge in [-0.3, -0.25) is 19.5 Å². The second-order valence-corrected chi connectivity index (χ2v) is 10.8. The molecule has 2 atom stereocenters. The Bertz CT molecular complexity index is 1550. The molecule has 0 saturated carbocycles. The SMILES string of the molecule is COc1cc2[nH]nc(-c3cnn([C@H]4CCN(C(=O)[C@@H]5CCN5CCF)C4)c3)c2nc1-c1cccc2c1CCC2. The maximum absolute atomic E-state index is 13.0. The monoisotopic (exact) mass is 529 g/mol. The van der Waals surface area contributed by atoms with Crippen LogP contribution >= 0.6 is 0 Å². The van der Waals surface area contributed by atoms with Crippen LogP contribution in [-0.2, 0) is 17.6 Å². The first-order valence-corrected chi connectivity index (χ1v) is 13.8. The van der Waals surface area contributed by atoms with Gasteiger partial charge < -0.3 is 9.64 Å². The summed E-state index contributed by atoms with van der Waals surface area (Å²) in [5.74, 6) is 0.835. The Morgan fingerprint density at radius 2 is 2.13 bits per heavy atom. The minimum atomic E-state index is -0.416. The number of hydrogen-bond acceptors (Lipinski definition) is 6. The van der Waals surface area contributed by atoms with Gasteiger partial charge in [-0.2, -0.15) is 10.2 Å². The van der Waals surface area contributed by atoms with Crippen molar-refractivity contribution < 1.29 is 13.9 Å². The highest BCUT2D eigenvalue weighted by Crippen LogP contribution is 2.39. The molecule has 202 valence electrons. The van der Waals surface area contributed by atoms with E-state index in [2.05, 4.69) is 33.5 Å². The molecule has 10 heteroatoms. The molecule has 0 bridgehead atoms. The van der Waals surface area contributed by atoms with E-state index in [1.807, 2.05) is 32.9 Å². The van der Waals surface area contributed by atoms with E-state index in [1.54, 1.807) is 7.11 Å². The summed E-state index contributed by atoms with van der Waals surface area (Å²) < 4.78 is 20.5. The van der Waals surface area contributed by atoms with Gasteiger partial charge in [-0.15, -0.1) is 0 Å². The molecule has 3 aliphatic rings. The Hall–Kier alpha value is -3.79. The number of carbonyl (C=O) groups excluding carboxylic acids is 1. The molecule has 1 N–H and O–H groups in total. The molecule has 5 heterocycles. The molecule has 7 rings (SSSR count). The van der Waals surface area contributed by atoms with Gasteiger partial charge >= 0.3 is 0 Å². The second-order valence-electron chi connectivity index (χ2n) is 10.8. The minimum Gasteiger partial charge on any atom is -0.494 e. The summed E-state index contributed by atoms with van der Waals surface area (Å²) in [4.78, 5) is 21.9. The molecular weight excluding hydrogens is 497 g/mol. The van der Waals surface area contributed by atoms with Gasteiger partial charge in [0.2, 0.25) is 5.91 Å². The number of aryl methyl sites for hydroxylation is 1. The molecule has 0 radical (unpaired) electrons. The largest absolute Gasteiger partial charge is 0.494 e. The molecule has 2 saturated heterocycles. The lowest BCUT2D eigenvalue weighted by molar-refractivity contribution is -0.140. The molecule has 0 spiro atoms. The van der Waals surface area contributed by atoms with Crippen LogP contribution in [0.25, 0.3) is 33.5 Å². The number of alkyl halides is 1. The predicted molar refractivity (Wildman–Crippen MR) is 145 cm³/mol. The van der Waals surface area contributed by atoms with E-state index >= 15 is 0 Å². The Morgan fingerprint density at radius 3 is 2.95 bits per heavy atom. The van der Waals surface area contributed by atoms with Gasteiger partial charge in [0.1, 0.15) is 29.3 Å².